The van der Waals surface area contributed by atoms with E-state index in [0.717, 1.165) is 45.8 Å². The first-order chi connectivity index (χ1) is 16.2. The van der Waals surface area contributed by atoms with Crippen molar-refractivity contribution in [1.29, 1.82) is 0 Å². The number of thiophene rings is 1. The van der Waals surface area contributed by atoms with Crippen molar-refractivity contribution in [2.45, 2.75) is 37.5 Å². The molecule has 8 nitrogen and oxygen atoms in total. The summed E-state index contributed by atoms with van der Waals surface area (Å²) in [6.45, 7) is 6.38. The number of piperidine rings is 1. The lowest BCUT2D eigenvalue weighted by atomic mass is 9.89. The van der Waals surface area contributed by atoms with Crippen LogP contribution in [-0.2, 0) is 25.6 Å². The first kappa shape index (κ1) is 31.1. The number of likely N-dealkylation sites (tertiary alicyclic amines) is 2. The Kier molecular flexibility index (Phi) is 12.4. The number of carboxylic acid groups (broad SMARTS) is 2. The van der Waals surface area contributed by atoms with Gasteiger partial charge in [-0.25, -0.2) is 9.59 Å². The van der Waals surface area contributed by atoms with E-state index in [1.165, 1.54) is 5.56 Å². The van der Waals surface area contributed by atoms with Gasteiger partial charge in [0.15, 0.2) is 0 Å². The third-order valence-corrected chi connectivity index (χ3v) is 6.15. The van der Waals surface area contributed by atoms with Crippen molar-refractivity contribution in [3.63, 3.8) is 0 Å². The quantitative estimate of drug-likeness (QED) is 0.533. The summed E-state index contributed by atoms with van der Waals surface area (Å²) in [4.78, 5) is 23.0. The van der Waals surface area contributed by atoms with Crippen LogP contribution in [0, 0.1) is 5.92 Å². The molecule has 3 atom stereocenters. The molecule has 2 aliphatic heterocycles. The Labute approximate surface area is 202 Å². The number of aliphatic carboxylic acids is 2. The molecule has 0 aliphatic carbocycles. The van der Waals surface area contributed by atoms with Gasteiger partial charge < -0.3 is 19.7 Å². The molecule has 35 heavy (non-hydrogen) atoms. The number of carboxylic acids is 2. The lowest BCUT2D eigenvalue weighted by Gasteiger charge is -2.41. The predicted molar refractivity (Wildman–Crippen MR) is 113 cm³/mol. The van der Waals surface area contributed by atoms with Crippen molar-refractivity contribution in [3.05, 3.63) is 22.4 Å². The average Bonchev–Trinajstić information content (AvgIpc) is 3.42. The van der Waals surface area contributed by atoms with Gasteiger partial charge in [0.1, 0.15) is 0 Å². The zero-order chi connectivity index (χ0) is 26.8. The van der Waals surface area contributed by atoms with E-state index < -0.39 is 24.3 Å². The molecule has 15 heteroatoms. The van der Waals surface area contributed by atoms with Crippen LogP contribution in [0.15, 0.2) is 16.8 Å². The Morgan fingerprint density at radius 3 is 2.09 bits per heavy atom. The highest BCUT2D eigenvalue weighted by Crippen LogP contribution is 2.33. The highest BCUT2D eigenvalue weighted by atomic mass is 32.1. The molecular formula is C20H28F6N2O6S. The van der Waals surface area contributed by atoms with E-state index in [1.807, 2.05) is 7.11 Å². The summed E-state index contributed by atoms with van der Waals surface area (Å²) in [5.41, 5.74) is 1.45. The van der Waals surface area contributed by atoms with E-state index in [9.17, 15) is 26.3 Å². The number of methoxy groups -OCH3 is 2. The number of fused-ring (bicyclic) bond motifs is 1. The zero-order valence-electron chi connectivity index (χ0n) is 19.0. The smallest absolute Gasteiger partial charge is 0.475 e. The van der Waals surface area contributed by atoms with Crippen LogP contribution in [0.25, 0.3) is 0 Å². The zero-order valence-corrected chi connectivity index (χ0v) is 19.8. The molecule has 3 rings (SSSR count). The van der Waals surface area contributed by atoms with Gasteiger partial charge in [-0.2, -0.15) is 37.7 Å². The van der Waals surface area contributed by atoms with Gasteiger partial charge in [-0.05, 0) is 28.8 Å². The normalized spacial score (nSPS) is 22.9. The molecule has 3 heterocycles. The van der Waals surface area contributed by atoms with Crippen molar-refractivity contribution in [2.24, 2.45) is 5.92 Å². The van der Waals surface area contributed by atoms with Crippen LogP contribution in [0.2, 0.25) is 0 Å². The number of hydrogen-bond donors (Lipinski definition) is 2. The number of ether oxygens (including phenoxy) is 2. The van der Waals surface area contributed by atoms with Gasteiger partial charge in [-0.3, -0.25) is 9.80 Å². The molecule has 0 radical (unpaired) electrons. The van der Waals surface area contributed by atoms with Crippen LogP contribution < -0.4 is 0 Å². The number of halogens is 6. The van der Waals surface area contributed by atoms with Crippen molar-refractivity contribution in [1.82, 2.24) is 9.80 Å². The Morgan fingerprint density at radius 2 is 1.66 bits per heavy atom. The van der Waals surface area contributed by atoms with E-state index in [1.54, 1.807) is 18.4 Å². The van der Waals surface area contributed by atoms with Crippen LogP contribution >= 0.6 is 11.3 Å². The lowest BCUT2D eigenvalue weighted by molar-refractivity contribution is -0.193. The Balaban J connectivity index is 0.000000362. The number of carbonyl (C=O) groups is 2. The first-order valence-electron chi connectivity index (χ1n) is 10.3. The Hall–Kier alpha value is -1.94. The third kappa shape index (κ3) is 10.7. The minimum absolute atomic E-state index is 0.418. The molecular weight excluding hydrogens is 510 g/mol. The maximum atomic E-state index is 10.6. The van der Waals surface area contributed by atoms with Crippen LogP contribution in [0.5, 0.6) is 0 Å². The molecule has 1 aromatic rings. The monoisotopic (exact) mass is 538 g/mol. The SMILES string of the molecule is COCCN1C[C@H]2[C@@H](C1)N(Cc1ccsc1)CC[C@H]2OC.O=C(O)C(F)(F)F.O=C(O)C(F)(F)F. The van der Waals surface area contributed by atoms with Gasteiger partial charge in [0, 0.05) is 58.9 Å². The fourth-order valence-corrected chi connectivity index (χ4v) is 4.49. The largest absolute Gasteiger partial charge is 0.490 e. The van der Waals surface area contributed by atoms with Gasteiger partial charge in [0.25, 0.3) is 0 Å². The minimum Gasteiger partial charge on any atom is -0.475 e. The molecule has 202 valence electrons. The molecule has 0 spiro atoms. The Morgan fingerprint density at radius 1 is 1.09 bits per heavy atom. The highest BCUT2D eigenvalue weighted by molar-refractivity contribution is 7.07. The second-order valence-electron chi connectivity index (χ2n) is 7.75. The summed E-state index contributed by atoms with van der Waals surface area (Å²) < 4.78 is 74.5. The highest BCUT2D eigenvalue weighted by Gasteiger charge is 2.44. The summed E-state index contributed by atoms with van der Waals surface area (Å²) in [5.74, 6) is -4.88. The maximum absolute atomic E-state index is 10.6. The minimum atomic E-state index is -5.08. The molecule has 2 aliphatic rings. The average molecular weight is 539 g/mol. The van der Waals surface area contributed by atoms with E-state index >= 15 is 0 Å². The van der Waals surface area contributed by atoms with Crippen molar-refractivity contribution >= 4 is 23.3 Å². The van der Waals surface area contributed by atoms with Crippen LogP contribution in [0.4, 0.5) is 26.3 Å². The van der Waals surface area contributed by atoms with Gasteiger partial charge in [-0.1, -0.05) is 0 Å². The van der Waals surface area contributed by atoms with Gasteiger partial charge in [0.05, 0.1) is 12.7 Å². The standard InChI is InChI=1S/C16H26N2O2S.2C2HF3O2/c1-19-7-6-17-10-14-15(11-17)18(5-3-16(14)20-2)9-13-4-8-21-12-13;2*3-2(4,5)1(6)7/h4,8,12,14-16H,3,5-7,9-11H2,1-2H3;2*(H,6,7)/t14-,15+,16+;;/m0../s1. The van der Waals surface area contributed by atoms with Crippen LogP contribution in [-0.4, -0.2) is 103 Å². The van der Waals surface area contributed by atoms with E-state index in [0.29, 0.717) is 18.1 Å². The summed E-state index contributed by atoms with van der Waals surface area (Å²) in [7, 11) is 3.65. The number of alkyl halides is 6. The fraction of sp³-hybridized carbons (Fsp3) is 0.700. The molecule has 2 saturated heterocycles. The van der Waals surface area contributed by atoms with Gasteiger partial charge >= 0.3 is 24.3 Å². The fourth-order valence-electron chi connectivity index (χ4n) is 3.83. The van der Waals surface area contributed by atoms with E-state index in [-0.39, 0.29) is 0 Å². The maximum Gasteiger partial charge on any atom is 0.490 e. The van der Waals surface area contributed by atoms with E-state index in [2.05, 4.69) is 26.6 Å². The molecule has 0 aromatic carbocycles. The summed E-state index contributed by atoms with van der Waals surface area (Å²) in [6, 6.07) is 2.88. The summed E-state index contributed by atoms with van der Waals surface area (Å²) >= 11 is 1.79. The number of hydrogen-bond acceptors (Lipinski definition) is 7. The van der Waals surface area contributed by atoms with Gasteiger partial charge in [-0.15, -0.1) is 0 Å². The summed E-state index contributed by atoms with van der Waals surface area (Å²) in [5, 5.41) is 18.7. The molecule has 0 saturated carbocycles. The lowest BCUT2D eigenvalue weighted by Crippen LogP contribution is -2.50. The second kappa shape index (κ2) is 14.0. The topological polar surface area (TPSA) is 99.5 Å². The molecule has 2 fully saturated rings. The molecule has 0 unspecified atom stereocenters. The second-order valence-corrected chi connectivity index (χ2v) is 8.53. The number of rotatable bonds is 6. The van der Waals surface area contributed by atoms with Crippen molar-refractivity contribution < 1.29 is 55.6 Å². The first-order valence-corrected chi connectivity index (χ1v) is 11.2. The van der Waals surface area contributed by atoms with E-state index in [4.69, 9.17) is 29.3 Å². The Bertz CT molecular complexity index is 753. The van der Waals surface area contributed by atoms with Crippen LogP contribution in [0.1, 0.15) is 12.0 Å². The van der Waals surface area contributed by atoms with Crippen LogP contribution in [0.3, 0.4) is 0 Å². The van der Waals surface area contributed by atoms with Crippen molar-refractivity contribution in [2.75, 3.05) is 47.0 Å². The molecule has 0 bridgehead atoms. The molecule has 0 amide bonds. The van der Waals surface area contributed by atoms with Crippen molar-refractivity contribution in [3.8, 4) is 0 Å². The molecule has 2 N–H and O–H groups in total. The number of nitrogens with zero attached hydrogens (tertiary/aromatic N) is 2. The third-order valence-electron chi connectivity index (χ3n) is 5.42. The molecule has 1 aromatic heterocycles. The van der Waals surface area contributed by atoms with Gasteiger partial charge in [0.2, 0.25) is 0 Å². The predicted octanol–water partition coefficient (Wildman–Crippen LogP) is 3.18. The summed E-state index contributed by atoms with van der Waals surface area (Å²) in [6.07, 6.45) is -8.60.